The van der Waals surface area contributed by atoms with Crippen LogP contribution in [-0.2, 0) is 16.0 Å². The molecule has 2 rings (SSSR count). The number of carbonyl (C=O) groups excluding carboxylic acids is 1. The largest absolute Gasteiger partial charge is 0.481 e. The van der Waals surface area contributed by atoms with Crippen molar-refractivity contribution in [1.29, 1.82) is 0 Å². The Labute approximate surface area is 132 Å². The average molecular weight is 326 g/mol. The minimum Gasteiger partial charge on any atom is -0.481 e. The van der Waals surface area contributed by atoms with Crippen LogP contribution >= 0.6 is 23.4 Å². The van der Waals surface area contributed by atoms with E-state index >= 15 is 0 Å². The predicted octanol–water partition coefficient (Wildman–Crippen LogP) is 3.29. The van der Waals surface area contributed by atoms with Gasteiger partial charge >= 0.3 is 5.97 Å². The van der Waals surface area contributed by atoms with Gasteiger partial charge in [-0.1, -0.05) is 18.2 Å². The first kappa shape index (κ1) is 15.9. The van der Waals surface area contributed by atoms with Crippen molar-refractivity contribution >= 4 is 40.9 Å². The molecular weight excluding hydrogens is 310 g/mol. The summed E-state index contributed by atoms with van der Waals surface area (Å²) in [5.41, 5.74) is 1.96. The first-order valence-electron chi connectivity index (χ1n) is 6.58. The number of rotatable bonds is 6. The molecule has 0 spiro atoms. The second-order valence-corrected chi connectivity index (χ2v) is 6.48. The Bertz CT molecular complexity index is 588. The SMILES string of the molecule is C=C(Cl)CN1C(=O)CCc2cc(SCCC(=O)O)ccc21. The number of hydrogen-bond donors (Lipinski definition) is 1. The molecule has 0 fully saturated rings. The third-order valence-electron chi connectivity index (χ3n) is 3.17. The van der Waals surface area contributed by atoms with Gasteiger partial charge in [0.1, 0.15) is 0 Å². The Morgan fingerprint density at radius 2 is 2.19 bits per heavy atom. The summed E-state index contributed by atoms with van der Waals surface area (Å²) in [5.74, 6) is -0.205. The summed E-state index contributed by atoms with van der Waals surface area (Å²) in [7, 11) is 0. The number of aryl methyl sites for hydroxylation is 1. The fourth-order valence-corrected chi connectivity index (χ4v) is 3.25. The van der Waals surface area contributed by atoms with Gasteiger partial charge in [0.05, 0.1) is 13.0 Å². The maximum Gasteiger partial charge on any atom is 0.304 e. The summed E-state index contributed by atoms with van der Waals surface area (Å²) in [6.07, 6.45) is 1.30. The quantitative estimate of drug-likeness (QED) is 0.815. The third kappa shape index (κ3) is 4.25. The lowest BCUT2D eigenvalue weighted by atomic mass is 10.0. The minimum absolute atomic E-state index is 0.0515. The number of carboxylic acid groups (broad SMARTS) is 1. The van der Waals surface area contributed by atoms with E-state index < -0.39 is 5.97 Å². The smallest absolute Gasteiger partial charge is 0.304 e. The van der Waals surface area contributed by atoms with E-state index in [1.54, 1.807) is 4.90 Å². The molecule has 0 radical (unpaired) electrons. The highest BCUT2D eigenvalue weighted by atomic mass is 35.5. The lowest BCUT2D eigenvalue weighted by Crippen LogP contribution is -2.35. The van der Waals surface area contributed by atoms with Crippen molar-refractivity contribution < 1.29 is 14.7 Å². The molecule has 6 heteroatoms. The van der Waals surface area contributed by atoms with Crippen molar-refractivity contribution in [3.05, 3.63) is 35.4 Å². The normalized spacial score (nSPS) is 14.0. The van der Waals surface area contributed by atoms with Gasteiger partial charge in [0.25, 0.3) is 0 Å². The Morgan fingerprint density at radius 1 is 1.43 bits per heavy atom. The number of nitrogens with zero attached hydrogens (tertiary/aromatic N) is 1. The number of amides is 1. The number of carbonyl (C=O) groups is 2. The molecule has 1 aromatic carbocycles. The van der Waals surface area contributed by atoms with Crippen molar-refractivity contribution in [1.82, 2.24) is 0 Å². The molecule has 1 aliphatic heterocycles. The zero-order valence-electron chi connectivity index (χ0n) is 11.5. The van der Waals surface area contributed by atoms with Gasteiger partial charge in [-0.25, -0.2) is 0 Å². The van der Waals surface area contributed by atoms with Gasteiger partial charge in [-0.3, -0.25) is 9.59 Å². The fourth-order valence-electron chi connectivity index (χ4n) is 2.23. The van der Waals surface area contributed by atoms with Crippen LogP contribution in [0.4, 0.5) is 5.69 Å². The lowest BCUT2D eigenvalue weighted by Gasteiger charge is -2.29. The zero-order chi connectivity index (χ0) is 15.4. The van der Waals surface area contributed by atoms with Crippen molar-refractivity contribution in [3.63, 3.8) is 0 Å². The Kier molecular flexibility index (Phi) is 5.31. The van der Waals surface area contributed by atoms with E-state index in [4.69, 9.17) is 16.7 Å². The Morgan fingerprint density at radius 3 is 2.86 bits per heavy atom. The van der Waals surface area contributed by atoms with E-state index in [1.165, 1.54) is 11.8 Å². The van der Waals surface area contributed by atoms with E-state index in [2.05, 4.69) is 6.58 Å². The number of benzene rings is 1. The van der Waals surface area contributed by atoms with Gasteiger partial charge in [0.15, 0.2) is 0 Å². The predicted molar refractivity (Wildman–Crippen MR) is 85.1 cm³/mol. The summed E-state index contributed by atoms with van der Waals surface area (Å²) < 4.78 is 0. The molecule has 1 amide bonds. The summed E-state index contributed by atoms with van der Waals surface area (Å²) >= 11 is 7.33. The van der Waals surface area contributed by atoms with Crippen LogP contribution in [0, 0.1) is 0 Å². The third-order valence-corrected chi connectivity index (χ3v) is 4.28. The van der Waals surface area contributed by atoms with Gasteiger partial charge in [0, 0.05) is 27.8 Å². The summed E-state index contributed by atoms with van der Waals surface area (Å²) in [5, 5.41) is 9.08. The summed E-state index contributed by atoms with van der Waals surface area (Å²) in [6.45, 7) is 3.96. The second-order valence-electron chi connectivity index (χ2n) is 4.78. The maximum absolute atomic E-state index is 12.0. The number of hydrogen-bond acceptors (Lipinski definition) is 3. The van der Waals surface area contributed by atoms with Crippen molar-refractivity contribution in [2.45, 2.75) is 24.2 Å². The monoisotopic (exact) mass is 325 g/mol. The molecule has 1 aromatic rings. The highest BCUT2D eigenvalue weighted by Crippen LogP contribution is 2.32. The molecular formula is C15H16ClNO3S. The minimum atomic E-state index is -0.794. The van der Waals surface area contributed by atoms with Gasteiger partial charge in [0.2, 0.25) is 5.91 Å². The van der Waals surface area contributed by atoms with Gasteiger partial charge in [-0.15, -0.1) is 11.8 Å². The van der Waals surface area contributed by atoms with Crippen LogP contribution in [0.2, 0.25) is 0 Å². The lowest BCUT2D eigenvalue weighted by molar-refractivity contribution is -0.136. The molecule has 1 heterocycles. The van der Waals surface area contributed by atoms with Crippen LogP contribution in [0.1, 0.15) is 18.4 Å². The van der Waals surface area contributed by atoms with Crippen molar-refractivity contribution in [3.8, 4) is 0 Å². The molecule has 0 aromatic heterocycles. The second kappa shape index (κ2) is 7.00. The van der Waals surface area contributed by atoms with E-state index in [0.29, 0.717) is 30.2 Å². The van der Waals surface area contributed by atoms with Crippen LogP contribution in [0.5, 0.6) is 0 Å². The van der Waals surface area contributed by atoms with E-state index in [9.17, 15) is 9.59 Å². The average Bonchev–Trinajstić information content (AvgIpc) is 2.41. The van der Waals surface area contributed by atoms with Crippen LogP contribution in [-0.4, -0.2) is 29.3 Å². The number of thioether (sulfide) groups is 1. The Balaban J connectivity index is 2.14. The number of carboxylic acids is 1. The number of aliphatic carboxylic acids is 1. The highest BCUT2D eigenvalue weighted by molar-refractivity contribution is 7.99. The first-order valence-corrected chi connectivity index (χ1v) is 7.95. The molecule has 4 nitrogen and oxygen atoms in total. The molecule has 0 unspecified atom stereocenters. The molecule has 1 N–H and O–H groups in total. The molecule has 0 saturated heterocycles. The number of fused-ring (bicyclic) bond motifs is 1. The van der Waals surface area contributed by atoms with E-state index in [-0.39, 0.29) is 12.3 Å². The molecule has 0 atom stereocenters. The van der Waals surface area contributed by atoms with Crippen molar-refractivity contribution in [2.24, 2.45) is 0 Å². The standard InChI is InChI=1S/C15H16ClNO3S/c1-10(16)9-17-13-4-3-12(21-7-6-15(19)20)8-11(13)2-5-14(17)18/h3-4,8H,1-2,5-7,9H2,(H,19,20). The molecule has 112 valence electrons. The van der Waals surface area contributed by atoms with Gasteiger partial charge in [-0.05, 0) is 30.2 Å². The zero-order valence-corrected chi connectivity index (χ0v) is 13.0. The summed E-state index contributed by atoms with van der Waals surface area (Å²) in [4.78, 5) is 25.2. The van der Waals surface area contributed by atoms with Crippen LogP contribution in [0.15, 0.2) is 34.7 Å². The van der Waals surface area contributed by atoms with Gasteiger partial charge < -0.3 is 10.0 Å². The van der Waals surface area contributed by atoms with Crippen molar-refractivity contribution in [2.75, 3.05) is 17.2 Å². The molecule has 0 aliphatic carbocycles. The number of halogens is 1. The highest BCUT2D eigenvalue weighted by Gasteiger charge is 2.24. The summed E-state index contributed by atoms with van der Waals surface area (Å²) in [6, 6.07) is 5.83. The molecule has 21 heavy (non-hydrogen) atoms. The first-order chi connectivity index (χ1) is 9.97. The molecule has 0 saturated carbocycles. The van der Waals surface area contributed by atoms with Crippen LogP contribution < -0.4 is 4.90 Å². The maximum atomic E-state index is 12.0. The van der Waals surface area contributed by atoms with Crippen LogP contribution in [0.25, 0.3) is 0 Å². The topological polar surface area (TPSA) is 57.6 Å². The number of anilines is 1. The fraction of sp³-hybridized carbons (Fsp3) is 0.333. The van der Waals surface area contributed by atoms with Crippen LogP contribution in [0.3, 0.4) is 0 Å². The molecule has 1 aliphatic rings. The van der Waals surface area contributed by atoms with E-state index in [1.807, 2.05) is 18.2 Å². The van der Waals surface area contributed by atoms with E-state index in [0.717, 1.165) is 16.1 Å². The van der Waals surface area contributed by atoms with Gasteiger partial charge in [-0.2, -0.15) is 0 Å². The Hall–Kier alpha value is -1.46. The molecule has 0 bridgehead atoms.